The highest BCUT2D eigenvalue weighted by molar-refractivity contribution is 5.94. The van der Waals surface area contributed by atoms with Crippen molar-refractivity contribution in [3.63, 3.8) is 0 Å². The van der Waals surface area contributed by atoms with Crippen LogP contribution in [0.5, 0.6) is 5.75 Å². The van der Waals surface area contributed by atoms with E-state index in [0.717, 1.165) is 18.4 Å². The molecule has 16 heavy (non-hydrogen) atoms. The van der Waals surface area contributed by atoms with Crippen LogP contribution in [0, 0.1) is 6.92 Å². The summed E-state index contributed by atoms with van der Waals surface area (Å²) in [6.45, 7) is 2.46. The molecular weight excluding hydrogens is 206 g/mol. The van der Waals surface area contributed by atoms with Crippen LogP contribution in [0.3, 0.4) is 0 Å². The van der Waals surface area contributed by atoms with Crippen molar-refractivity contribution in [2.45, 2.75) is 25.9 Å². The number of anilines is 1. The Bertz CT molecular complexity index is 397. The highest BCUT2D eigenvalue weighted by Gasteiger charge is 2.23. The van der Waals surface area contributed by atoms with E-state index in [-0.39, 0.29) is 17.8 Å². The molecule has 2 rings (SSSR count). The standard InChI is InChI=1S/C12H15NO3/c1-8-4-5-9(7-10(8)14)13-12(15)11-3-2-6-16-11/h4-5,7,11,14H,2-3,6H2,1H3,(H,13,15). The second kappa shape index (κ2) is 4.53. The number of aromatic hydroxyl groups is 1. The quantitative estimate of drug-likeness (QED) is 0.800. The van der Waals surface area contributed by atoms with Crippen LogP contribution in [0.15, 0.2) is 18.2 Å². The molecule has 0 aliphatic carbocycles. The summed E-state index contributed by atoms with van der Waals surface area (Å²) in [7, 11) is 0. The number of carbonyl (C=O) groups is 1. The van der Waals surface area contributed by atoms with Gasteiger partial charge in [-0.05, 0) is 31.4 Å². The van der Waals surface area contributed by atoms with E-state index in [1.54, 1.807) is 25.1 Å². The Balaban J connectivity index is 2.02. The van der Waals surface area contributed by atoms with Gasteiger partial charge in [0.15, 0.2) is 0 Å². The second-order valence-corrected chi connectivity index (χ2v) is 3.99. The largest absolute Gasteiger partial charge is 0.508 e. The van der Waals surface area contributed by atoms with Crippen LogP contribution in [-0.2, 0) is 9.53 Å². The first-order chi connectivity index (χ1) is 7.66. The first-order valence-corrected chi connectivity index (χ1v) is 5.39. The van der Waals surface area contributed by atoms with Crippen molar-refractivity contribution in [2.24, 2.45) is 0 Å². The number of amides is 1. The molecule has 1 saturated heterocycles. The van der Waals surface area contributed by atoms with Crippen molar-refractivity contribution in [1.82, 2.24) is 0 Å². The molecule has 1 heterocycles. The maximum absolute atomic E-state index is 11.7. The molecule has 86 valence electrons. The van der Waals surface area contributed by atoms with Gasteiger partial charge in [-0.2, -0.15) is 0 Å². The van der Waals surface area contributed by atoms with Crippen LogP contribution < -0.4 is 5.32 Å². The summed E-state index contributed by atoms with van der Waals surface area (Å²) in [4.78, 5) is 11.7. The SMILES string of the molecule is Cc1ccc(NC(=O)C2CCCO2)cc1O. The topological polar surface area (TPSA) is 58.6 Å². The van der Waals surface area contributed by atoms with Crippen molar-refractivity contribution in [3.8, 4) is 5.75 Å². The Labute approximate surface area is 94.2 Å². The Kier molecular flexibility index (Phi) is 3.10. The van der Waals surface area contributed by atoms with Gasteiger partial charge in [0, 0.05) is 18.4 Å². The second-order valence-electron chi connectivity index (χ2n) is 3.99. The summed E-state index contributed by atoms with van der Waals surface area (Å²) in [5, 5.41) is 12.2. The number of hydrogen-bond acceptors (Lipinski definition) is 3. The molecule has 1 unspecified atom stereocenters. The molecule has 0 saturated carbocycles. The minimum absolute atomic E-state index is 0.138. The maximum Gasteiger partial charge on any atom is 0.253 e. The van der Waals surface area contributed by atoms with E-state index < -0.39 is 0 Å². The molecule has 1 amide bonds. The van der Waals surface area contributed by atoms with E-state index in [2.05, 4.69) is 5.32 Å². The monoisotopic (exact) mass is 221 g/mol. The highest BCUT2D eigenvalue weighted by atomic mass is 16.5. The third-order valence-corrected chi connectivity index (χ3v) is 2.70. The Morgan fingerprint density at radius 3 is 3.00 bits per heavy atom. The molecule has 1 fully saturated rings. The molecule has 0 aromatic heterocycles. The number of nitrogens with one attached hydrogen (secondary N) is 1. The van der Waals surface area contributed by atoms with E-state index >= 15 is 0 Å². The third kappa shape index (κ3) is 2.33. The summed E-state index contributed by atoms with van der Waals surface area (Å²) in [6.07, 6.45) is 1.35. The highest BCUT2D eigenvalue weighted by Crippen LogP contribution is 2.22. The maximum atomic E-state index is 11.7. The molecule has 0 radical (unpaired) electrons. The van der Waals surface area contributed by atoms with Gasteiger partial charge in [0.2, 0.25) is 0 Å². The van der Waals surface area contributed by atoms with Crippen LogP contribution >= 0.6 is 0 Å². The van der Waals surface area contributed by atoms with Gasteiger partial charge < -0.3 is 15.2 Å². The van der Waals surface area contributed by atoms with E-state index in [4.69, 9.17) is 4.74 Å². The van der Waals surface area contributed by atoms with Crippen molar-refractivity contribution in [1.29, 1.82) is 0 Å². The number of rotatable bonds is 2. The number of phenols is 1. The Morgan fingerprint density at radius 2 is 2.38 bits per heavy atom. The molecule has 1 aliphatic heterocycles. The van der Waals surface area contributed by atoms with Gasteiger partial charge in [-0.1, -0.05) is 6.07 Å². The van der Waals surface area contributed by atoms with Gasteiger partial charge >= 0.3 is 0 Å². The number of ether oxygens (including phenoxy) is 1. The van der Waals surface area contributed by atoms with Crippen LogP contribution in [-0.4, -0.2) is 23.7 Å². The lowest BCUT2D eigenvalue weighted by Gasteiger charge is -2.11. The van der Waals surface area contributed by atoms with Crippen LogP contribution in [0.25, 0.3) is 0 Å². The van der Waals surface area contributed by atoms with Gasteiger partial charge in [-0.15, -0.1) is 0 Å². The van der Waals surface area contributed by atoms with E-state index in [1.807, 2.05) is 0 Å². The number of aryl methyl sites for hydroxylation is 1. The zero-order valence-corrected chi connectivity index (χ0v) is 9.19. The van der Waals surface area contributed by atoms with Crippen LogP contribution in [0.4, 0.5) is 5.69 Å². The fourth-order valence-electron chi connectivity index (χ4n) is 1.69. The normalized spacial score (nSPS) is 19.7. The molecule has 4 heteroatoms. The lowest BCUT2D eigenvalue weighted by atomic mass is 10.2. The van der Waals surface area contributed by atoms with Crippen molar-refractivity contribution in [2.75, 3.05) is 11.9 Å². The molecule has 0 bridgehead atoms. The fourth-order valence-corrected chi connectivity index (χ4v) is 1.69. The van der Waals surface area contributed by atoms with Gasteiger partial charge in [0.1, 0.15) is 11.9 Å². The minimum atomic E-state index is -0.344. The third-order valence-electron chi connectivity index (χ3n) is 2.70. The summed E-state index contributed by atoms with van der Waals surface area (Å²) < 4.78 is 5.27. The molecular formula is C12H15NO3. The Morgan fingerprint density at radius 1 is 1.56 bits per heavy atom. The zero-order valence-electron chi connectivity index (χ0n) is 9.19. The molecule has 4 nitrogen and oxygen atoms in total. The zero-order chi connectivity index (χ0) is 11.5. The number of hydrogen-bond donors (Lipinski definition) is 2. The molecule has 1 aromatic carbocycles. The summed E-state index contributed by atoms with van der Waals surface area (Å²) in [5.41, 5.74) is 1.39. The van der Waals surface area contributed by atoms with Crippen molar-refractivity contribution in [3.05, 3.63) is 23.8 Å². The van der Waals surface area contributed by atoms with Gasteiger partial charge in [0.25, 0.3) is 5.91 Å². The molecule has 2 N–H and O–H groups in total. The van der Waals surface area contributed by atoms with Crippen molar-refractivity contribution >= 4 is 11.6 Å². The smallest absolute Gasteiger partial charge is 0.253 e. The Hall–Kier alpha value is -1.55. The lowest BCUT2D eigenvalue weighted by Crippen LogP contribution is -2.26. The molecule has 0 spiro atoms. The summed E-state index contributed by atoms with van der Waals surface area (Å²) in [6, 6.07) is 5.07. The average molecular weight is 221 g/mol. The van der Waals surface area contributed by atoms with Gasteiger partial charge in [-0.3, -0.25) is 4.79 Å². The fraction of sp³-hybridized carbons (Fsp3) is 0.417. The van der Waals surface area contributed by atoms with Crippen LogP contribution in [0.2, 0.25) is 0 Å². The van der Waals surface area contributed by atoms with E-state index in [9.17, 15) is 9.90 Å². The molecule has 1 atom stereocenters. The van der Waals surface area contributed by atoms with Gasteiger partial charge in [0.05, 0.1) is 0 Å². The minimum Gasteiger partial charge on any atom is -0.508 e. The first-order valence-electron chi connectivity index (χ1n) is 5.39. The first kappa shape index (κ1) is 11.0. The van der Waals surface area contributed by atoms with Crippen LogP contribution in [0.1, 0.15) is 18.4 Å². The van der Waals surface area contributed by atoms with E-state index in [0.29, 0.717) is 12.3 Å². The van der Waals surface area contributed by atoms with Crippen molar-refractivity contribution < 1.29 is 14.6 Å². The lowest BCUT2D eigenvalue weighted by molar-refractivity contribution is -0.124. The molecule has 1 aliphatic rings. The van der Waals surface area contributed by atoms with E-state index in [1.165, 1.54) is 0 Å². The summed E-state index contributed by atoms with van der Waals surface area (Å²) >= 11 is 0. The predicted molar refractivity (Wildman–Crippen MR) is 60.4 cm³/mol. The summed E-state index contributed by atoms with van der Waals surface area (Å²) in [5.74, 6) is 0.0471. The molecule has 1 aromatic rings. The number of carbonyl (C=O) groups excluding carboxylic acids is 1. The average Bonchev–Trinajstić information content (AvgIpc) is 2.77. The predicted octanol–water partition coefficient (Wildman–Crippen LogP) is 1.82. The number of benzene rings is 1. The number of phenolic OH excluding ortho intramolecular Hbond substituents is 1. The van der Waals surface area contributed by atoms with Gasteiger partial charge in [-0.25, -0.2) is 0 Å².